The van der Waals surface area contributed by atoms with Gasteiger partial charge < -0.3 is 10.1 Å². The van der Waals surface area contributed by atoms with Gasteiger partial charge in [0.2, 0.25) is 5.91 Å². The summed E-state index contributed by atoms with van der Waals surface area (Å²) in [4.78, 5) is 21.7. The standard InChI is InChI=1S/C26H24N6O2/c1-16-12-17(2)29-26(28-16)32-19(4)24(18(3)31-32)14-25(33)30-21-8-10-22(11-9-21)34-23-7-5-6-20(13-23)15-27/h5-13H,14H2,1-4H3,(H,30,33). The summed E-state index contributed by atoms with van der Waals surface area (Å²) < 4.78 is 7.47. The molecule has 0 bridgehead atoms. The van der Waals surface area contributed by atoms with Gasteiger partial charge in [-0.25, -0.2) is 14.6 Å². The number of anilines is 1. The number of hydrogen-bond acceptors (Lipinski definition) is 6. The van der Waals surface area contributed by atoms with Crippen molar-refractivity contribution < 1.29 is 9.53 Å². The molecule has 0 spiro atoms. The Bertz CT molecular complexity index is 1380. The second kappa shape index (κ2) is 9.55. The number of carbonyl (C=O) groups is 1. The highest BCUT2D eigenvalue weighted by molar-refractivity contribution is 5.92. The van der Waals surface area contributed by atoms with Crippen molar-refractivity contribution in [2.24, 2.45) is 0 Å². The molecule has 0 atom stereocenters. The second-order valence-electron chi connectivity index (χ2n) is 8.00. The van der Waals surface area contributed by atoms with Crippen molar-refractivity contribution in [3.63, 3.8) is 0 Å². The molecule has 0 aliphatic carbocycles. The van der Waals surface area contributed by atoms with Gasteiger partial charge in [-0.2, -0.15) is 10.4 Å². The molecule has 2 aromatic carbocycles. The van der Waals surface area contributed by atoms with Crippen LogP contribution in [-0.4, -0.2) is 25.7 Å². The molecule has 0 aliphatic heterocycles. The molecular formula is C26H24N6O2. The van der Waals surface area contributed by atoms with Crippen molar-refractivity contribution in [3.8, 4) is 23.5 Å². The molecule has 4 rings (SSSR count). The molecule has 0 fully saturated rings. The fourth-order valence-electron chi connectivity index (χ4n) is 3.66. The summed E-state index contributed by atoms with van der Waals surface area (Å²) in [6, 6.07) is 18.0. The van der Waals surface area contributed by atoms with E-state index < -0.39 is 0 Å². The van der Waals surface area contributed by atoms with E-state index in [0.717, 1.165) is 28.3 Å². The fraction of sp³-hybridized carbons (Fsp3) is 0.192. The van der Waals surface area contributed by atoms with Gasteiger partial charge in [-0.15, -0.1) is 0 Å². The number of nitrogens with zero attached hydrogens (tertiary/aromatic N) is 5. The van der Waals surface area contributed by atoms with Crippen LogP contribution in [-0.2, 0) is 11.2 Å². The Morgan fingerprint density at radius 2 is 1.71 bits per heavy atom. The van der Waals surface area contributed by atoms with E-state index in [-0.39, 0.29) is 12.3 Å². The third-order valence-corrected chi connectivity index (χ3v) is 5.28. The van der Waals surface area contributed by atoms with Crippen molar-refractivity contribution in [1.29, 1.82) is 5.26 Å². The number of ether oxygens (including phenoxy) is 1. The Hall–Kier alpha value is -4.51. The van der Waals surface area contributed by atoms with E-state index in [2.05, 4.69) is 26.5 Å². The molecule has 1 N–H and O–H groups in total. The maximum Gasteiger partial charge on any atom is 0.251 e. The van der Waals surface area contributed by atoms with Crippen LogP contribution in [0.25, 0.3) is 5.95 Å². The highest BCUT2D eigenvalue weighted by Gasteiger charge is 2.18. The predicted octanol–water partition coefficient (Wildman–Crippen LogP) is 4.74. The first kappa shape index (κ1) is 22.7. The molecule has 1 amide bonds. The van der Waals surface area contributed by atoms with E-state index >= 15 is 0 Å². The minimum atomic E-state index is -0.150. The zero-order chi connectivity index (χ0) is 24.2. The van der Waals surface area contributed by atoms with Crippen LogP contribution in [0, 0.1) is 39.0 Å². The average molecular weight is 453 g/mol. The fourth-order valence-corrected chi connectivity index (χ4v) is 3.66. The van der Waals surface area contributed by atoms with Gasteiger partial charge in [-0.1, -0.05) is 6.07 Å². The summed E-state index contributed by atoms with van der Waals surface area (Å²) in [7, 11) is 0. The smallest absolute Gasteiger partial charge is 0.251 e. The number of carbonyl (C=O) groups excluding carboxylic acids is 1. The lowest BCUT2D eigenvalue weighted by atomic mass is 10.1. The lowest BCUT2D eigenvalue weighted by Gasteiger charge is -2.09. The van der Waals surface area contributed by atoms with E-state index in [1.807, 2.05) is 33.8 Å². The molecular weight excluding hydrogens is 428 g/mol. The molecule has 0 saturated carbocycles. The monoisotopic (exact) mass is 452 g/mol. The highest BCUT2D eigenvalue weighted by atomic mass is 16.5. The molecule has 8 nitrogen and oxygen atoms in total. The first-order valence-electron chi connectivity index (χ1n) is 10.8. The van der Waals surface area contributed by atoms with Crippen LogP contribution in [0.5, 0.6) is 11.5 Å². The molecule has 8 heteroatoms. The number of aryl methyl sites for hydroxylation is 3. The van der Waals surface area contributed by atoms with E-state index in [9.17, 15) is 4.79 Å². The zero-order valence-corrected chi connectivity index (χ0v) is 19.5. The minimum absolute atomic E-state index is 0.150. The molecule has 2 heterocycles. The van der Waals surface area contributed by atoms with Gasteiger partial charge in [0.1, 0.15) is 11.5 Å². The number of aromatic nitrogens is 4. The Labute approximate surface area is 197 Å². The minimum Gasteiger partial charge on any atom is -0.457 e. The van der Waals surface area contributed by atoms with E-state index in [1.54, 1.807) is 53.2 Å². The highest BCUT2D eigenvalue weighted by Crippen LogP contribution is 2.24. The maximum atomic E-state index is 12.7. The van der Waals surface area contributed by atoms with Gasteiger partial charge in [0.15, 0.2) is 0 Å². The van der Waals surface area contributed by atoms with Crippen LogP contribution in [0.4, 0.5) is 5.69 Å². The Morgan fingerprint density at radius 1 is 1.00 bits per heavy atom. The number of nitrogens with one attached hydrogen (secondary N) is 1. The summed E-state index contributed by atoms with van der Waals surface area (Å²) in [5.41, 5.74) is 5.35. The molecule has 34 heavy (non-hydrogen) atoms. The predicted molar refractivity (Wildman–Crippen MR) is 128 cm³/mol. The second-order valence-corrected chi connectivity index (χ2v) is 8.00. The molecule has 2 aromatic heterocycles. The zero-order valence-electron chi connectivity index (χ0n) is 19.5. The lowest BCUT2D eigenvalue weighted by molar-refractivity contribution is -0.115. The van der Waals surface area contributed by atoms with Crippen LogP contribution in [0.2, 0.25) is 0 Å². The summed E-state index contributed by atoms with van der Waals surface area (Å²) in [5.74, 6) is 1.53. The number of rotatable bonds is 6. The summed E-state index contributed by atoms with van der Waals surface area (Å²) in [6.07, 6.45) is 0.182. The normalized spacial score (nSPS) is 10.6. The van der Waals surface area contributed by atoms with E-state index in [4.69, 9.17) is 10.00 Å². The Morgan fingerprint density at radius 3 is 2.38 bits per heavy atom. The van der Waals surface area contributed by atoms with Crippen LogP contribution < -0.4 is 10.1 Å². The number of benzene rings is 2. The van der Waals surface area contributed by atoms with Gasteiger partial charge >= 0.3 is 0 Å². The van der Waals surface area contributed by atoms with Crippen LogP contribution in [0.1, 0.15) is 33.9 Å². The molecule has 170 valence electrons. The molecule has 0 unspecified atom stereocenters. The third-order valence-electron chi connectivity index (χ3n) is 5.28. The Balaban J connectivity index is 1.44. The number of hydrogen-bond donors (Lipinski definition) is 1. The van der Waals surface area contributed by atoms with Crippen molar-refractivity contribution in [2.45, 2.75) is 34.1 Å². The summed E-state index contributed by atoms with van der Waals surface area (Å²) in [6.45, 7) is 7.62. The Kier molecular flexibility index (Phi) is 6.37. The van der Waals surface area contributed by atoms with Crippen molar-refractivity contribution in [3.05, 3.63) is 88.5 Å². The largest absolute Gasteiger partial charge is 0.457 e. The molecule has 0 aliphatic rings. The first-order chi connectivity index (χ1) is 16.3. The third kappa shape index (κ3) is 5.10. The van der Waals surface area contributed by atoms with E-state index in [1.165, 1.54) is 0 Å². The van der Waals surface area contributed by atoms with Gasteiger partial charge in [-0.05, 0) is 76.2 Å². The van der Waals surface area contributed by atoms with Crippen LogP contribution >= 0.6 is 0 Å². The average Bonchev–Trinajstić information content (AvgIpc) is 3.08. The van der Waals surface area contributed by atoms with Crippen LogP contribution in [0.15, 0.2) is 54.6 Å². The number of amides is 1. The van der Waals surface area contributed by atoms with Gasteiger partial charge in [-0.3, -0.25) is 4.79 Å². The topological polar surface area (TPSA) is 106 Å². The first-order valence-corrected chi connectivity index (χ1v) is 10.8. The van der Waals surface area contributed by atoms with Crippen molar-refractivity contribution >= 4 is 11.6 Å². The quantitative estimate of drug-likeness (QED) is 0.453. The van der Waals surface area contributed by atoms with Gasteiger partial charge in [0.25, 0.3) is 5.95 Å². The lowest BCUT2D eigenvalue weighted by Crippen LogP contribution is -2.15. The molecule has 4 aromatic rings. The molecule has 0 saturated heterocycles. The van der Waals surface area contributed by atoms with Gasteiger partial charge in [0.05, 0.1) is 23.7 Å². The van der Waals surface area contributed by atoms with Crippen molar-refractivity contribution in [2.75, 3.05) is 5.32 Å². The SMILES string of the molecule is Cc1cc(C)nc(-n2nc(C)c(CC(=O)Nc3ccc(Oc4cccc(C#N)c4)cc3)c2C)n1. The van der Waals surface area contributed by atoms with Crippen molar-refractivity contribution in [1.82, 2.24) is 19.7 Å². The summed E-state index contributed by atoms with van der Waals surface area (Å²) >= 11 is 0. The summed E-state index contributed by atoms with van der Waals surface area (Å²) in [5, 5.41) is 16.5. The van der Waals surface area contributed by atoms with E-state index in [0.29, 0.717) is 28.7 Å². The maximum absolute atomic E-state index is 12.7. The number of nitriles is 1. The van der Waals surface area contributed by atoms with Gasteiger partial charge in [0, 0.05) is 28.3 Å². The molecule has 0 radical (unpaired) electrons. The van der Waals surface area contributed by atoms with Crippen LogP contribution in [0.3, 0.4) is 0 Å².